The fourth-order valence-electron chi connectivity index (χ4n) is 1.30. The lowest BCUT2D eigenvalue weighted by Crippen LogP contribution is -2.42. The molecule has 1 amide bonds. The first-order chi connectivity index (χ1) is 6.54. The van der Waals surface area contributed by atoms with E-state index >= 15 is 0 Å². The number of rotatable bonds is 7. The number of nitrogens with one attached hydrogen (secondary N) is 1. The summed E-state index contributed by atoms with van der Waals surface area (Å²) in [6.45, 7) is 4.27. The SMILES string of the molecule is CCCC(C)(CNC(=O)O)OCCO. The highest BCUT2D eigenvalue weighted by Crippen LogP contribution is 2.16. The van der Waals surface area contributed by atoms with Crippen LogP contribution in [0, 0.1) is 0 Å². The van der Waals surface area contributed by atoms with E-state index in [0.29, 0.717) is 0 Å². The summed E-state index contributed by atoms with van der Waals surface area (Å²) in [7, 11) is 0. The Kier molecular flexibility index (Phi) is 6.23. The molecule has 0 radical (unpaired) electrons. The summed E-state index contributed by atoms with van der Waals surface area (Å²) in [6.07, 6.45) is 0.608. The first-order valence-electron chi connectivity index (χ1n) is 4.75. The molecule has 0 saturated heterocycles. The first-order valence-corrected chi connectivity index (χ1v) is 4.75. The predicted molar refractivity (Wildman–Crippen MR) is 52.4 cm³/mol. The molecule has 14 heavy (non-hydrogen) atoms. The fourth-order valence-corrected chi connectivity index (χ4v) is 1.30. The van der Waals surface area contributed by atoms with Crippen LogP contribution in [0.3, 0.4) is 0 Å². The molecule has 0 spiro atoms. The van der Waals surface area contributed by atoms with Crippen LogP contribution in [0.15, 0.2) is 0 Å². The summed E-state index contributed by atoms with van der Waals surface area (Å²) in [6, 6.07) is 0. The van der Waals surface area contributed by atoms with E-state index in [1.54, 1.807) is 0 Å². The Balaban J connectivity index is 4.01. The molecule has 0 rings (SSSR count). The third-order valence-electron chi connectivity index (χ3n) is 1.93. The Morgan fingerprint density at radius 3 is 2.64 bits per heavy atom. The van der Waals surface area contributed by atoms with Crippen LogP contribution in [-0.4, -0.2) is 41.7 Å². The molecule has 0 aliphatic heterocycles. The molecule has 0 aromatic carbocycles. The van der Waals surface area contributed by atoms with Crippen LogP contribution in [0.2, 0.25) is 0 Å². The van der Waals surface area contributed by atoms with Crippen molar-refractivity contribution in [3.05, 3.63) is 0 Å². The topological polar surface area (TPSA) is 78.8 Å². The second-order valence-electron chi connectivity index (χ2n) is 3.43. The summed E-state index contributed by atoms with van der Waals surface area (Å²) in [4.78, 5) is 10.3. The summed E-state index contributed by atoms with van der Waals surface area (Å²) in [5.41, 5.74) is -0.518. The molecule has 0 aliphatic carbocycles. The maximum Gasteiger partial charge on any atom is 0.404 e. The van der Waals surface area contributed by atoms with E-state index < -0.39 is 11.7 Å². The molecule has 0 aromatic heterocycles. The van der Waals surface area contributed by atoms with Crippen LogP contribution in [0.25, 0.3) is 0 Å². The zero-order valence-corrected chi connectivity index (χ0v) is 8.75. The minimum atomic E-state index is -1.06. The number of hydrogen-bond acceptors (Lipinski definition) is 3. The maximum absolute atomic E-state index is 10.3. The highest BCUT2D eigenvalue weighted by atomic mass is 16.5. The van der Waals surface area contributed by atoms with Gasteiger partial charge in [-0.05, 0) is 13.3 Å². The van der Waals surface area contributed by atoms with E-state index in [-0.39, 0.29) is 19.8 Å². The van der Waals surface area contributed by atoms with Crippen molar-refractivity contribution in [1.29, 1.82) is 0 Å². The van der Waals surface area contributed by atoms with E-state index in [1.165, 1.54) is 0 Å². The van der Waals surface area contributed by atoms with Gasteiger partial charge in [-0.25, -0.2) is 4.79 Å². The Morgan fingerprint density at radius 2 is 2.21 bits per heavy atom. The van der Waals surface area contributed by atoms with Crippen LogP contribution in [-0.2, 0) is 4.74 Å². The van der Waals surface area contributed by atoms with Gasteiger partial charge in [0.15, 0.2) is 0 Å². The highest BCUT2D eigenvalue weighted by Gasteiger charge is 2.24. The Labute approximate surface area is 84.1 Å². The van der Waals surface area contributed by atoms with Crippen molar-refractivity contribution in [2.24, 2.45) is 0 Å². The normalized spacial score (nSPS) is 14.8. The Hall–Kier alpha value is -0.810. The minimum absolute atomic E-state index is 0.0492. The summed E-state index contributed by atoms with van der Waals surface area (Å²) in [5.74, 6) is 0. The Morgan fingerprint density at radius 1 is 1.57 bits per heavy atom. The molecule has 0 heterocycles. The minimum Gasteiger partial charge on any atom is -0.465 e. The average molecular weight is 205 g/mol. The largest absolute Gasteiger partial charge is 0.465 e. The van der Waals surface area contributed by atoms with Crippen LogP contribution in [0.1, 0.15) is 26.7 Å². The number of carbonyl (C=O) groups is 1. The van der Waals surface area contributed by atoms with Gasteiger partial charge in [-0.2, -0.15) is 0 Å². The molecule has 0 bridgehead atoms. The van der Waals surface area contributed by atoms with Crippen LogP contribution in [0.4, 0.5) is 4.79 Å². The lowest BCUT2D eigenvalue weighted by Gasteiger charge is -2.29. The molecule has 0 saturated carbocycles. The van der Waals surface area contributed by atoms with E-state index in [9.17, 15) is 4.79 Å². The lowest BCUT2D eigenvalue weighted by molar-refractivity contribution is -0.0490. The van der Waals surface area contributed by atoms with Gasteiger partial charge in [-0.1, -0.05) is 13.3 Å². The van der Waals surface area contributed by atoms with Crippen molar-refractivity contribution in [1.82, 2.24) is 5.32 Å². The van der Waals surface area contributed by atoms with E-state index in [4.69, 9.17) is 14.9 Å². The lowest BCUT2D eigenvalue weighted by atomic mass is 10.0. The quantitative estimate of drug-likeness (QED) is 0.575. The molecule has 0 aliphatic rings. The molecular formula is C9H19NO4. The van der Waals surface area contributed by atoms with Crippen molar-refractivity contribution in [3.63, 3.8) is 0 Å². The maximum atomic E-state index is 10.3. The summed E-state index contributed by atoms with van der Waals surface area (Å²) >= 11 is 0. The second-order valence-corrected chi connectivity index (χ2v) is 3.43. The monoisotopic (exact) mass is 205 g/mol. The molecule has 0 fully saturated rings. The Bertz CT molecular complexity index is 174. The van der Waals surface area contributed by atoms with Crippen molar-refractivity contribution in [2.45, 2.75) is 32.3 Å². The van der Waals surface area contributed by atoms with Gasteiger partial charge in [0.2, 0.25) is 0 Å². The van der Waals surface area contributed by atoms with Gasteiger partial charge in [-0.15, -0.1) is 0 Å². The zero-order valence-electron chi connectivity index (χ0n) is 8.75. The molecule has 5 heteroatoms. The third kappa shape index (κ3) is 5.77. The summed E-state index contributed by atoms with van der Waals surface area (Å²) < 4.78 is 5.39. The van der Waals surface area contributed by atoms with E-state index in [2.05, 4.69) is 5.32 Å². The number of aliphatic hydroxyl groups is 1. The van der Waals surface area contributed by atoms with Crippen LogP contribution < -0.4 is 5.32 Å². The number of aliphatic hydroxyl groups excluding tert-OH is 1. The van der Waals surface area contributed by atoms with E-state index in [0.717, 1.165) is 12.8 Å². The smallest absolute Gasteiger partial charge is 0.404 e. The number of amides is 1. The van der Waals surface area contributed by atoms with Crippen LogP contribution >= 0.6 is 0 Å². The van der Waals surface area contributed by atoms with Crippen LogP contribution in [0.5, 0.6) is 0 Å². The average Bonchev–Trinajstić information content (AvgIpc) is 2.13. The van der Waals surface area contributed by atoms with Gasteiger partial charge in [0, 0.05) is 6.54 Å². The third-order valence-corrected chi connectivity index (χ3v) is 1.93. The van der Waals surface area contributed by atoms with Crippen molar-refractivity contribution < 1.29 is 19.7 Å². The number of carboxylic acid groups (broad SMARTS) is 1. The van der Waals surface area contributed by atoms with Gasteiger partial charge in [-0.3, -0.25) is 0 Å². The van der Waals surface area contributed by atoms with Gasteiger partial charge >= 0.3 is 6.09 Å². The first kappa shape index (κ1) is 13.2. The second kappa shape index (κ2) is 6.62. The molecule has 84 valence electrons. The highest BCUT2D eigenvalue weighted by molar-refractivity contribution is 5.64. The molecule has 5 nitrogen and oxygen atoms in total. The molecular weight excluding hydrogens is 186 g/mol. The zero-order chi connectivity index (χ0) is 11.0. The van der Waals surface area contributed by atoms with Gasteiger partial charge < -0.3 is 20.3 Å². The predicted octanol–water partition coefficient (Wildman–Crippen LogP) is 0.822. The number of hydrogen-bond donors (Lipinski definition) is 3. The van der Waals surface area contributed by atoms with E-state index in [1.807, 2.05) is 13.8 Å². The van der Waals surface area contributed by atoms with Gasteiger partial charge in [0.05, 0.1) is 18.8 Å². The summed E-state index contributed by atoms with van der Waals surface area (Å²) in [5, 5.41) is 19.4. The fraction of sp³-hybridized carbons (Fsp3) is 0.889. The van der Waals surface area contributed by atoms with Crippen molar-refractivity contribution >= 4 is 6.09 Å². The standard InChI is InChI=1S/C9H19NO4/c1-3-4-9(2,14-6-5-11)7-10-8(12)13/h10-11H,3-7H2,1-2H3,(H,12,13). The van der Waals surface area contributed by atoms with Crippen molar-refractivity contribution in [3.8, 4) is 0 Å². The molecule has 0 aromatic rings. The molecule has 1 atom stereocenters. The molecule has 1 unspecified atom stereocenters. The molecule has 3 N–H and O–H groups in total. The van der Waals surface area contributed by atoms with Gasteiger partial charge in [0.1, 0.15) is 0 Å². The number of ether oxygens (including phenoxy) is 1. The van der Waals surface area contributed by atoms with Crippen molar-refractivity contribution in [2.75, 3.05) is 19.8 Å². The van der Waals surface area contributed by atoms with Gasteiger partial charge in [0.25, 0.3) is 0 Å².